The van der Waals surface area contributed by atoms with Crippen molar-refractivity contribution < 1.29 is 4.79 Å². The summed E-state index contributed by atoms with van der Waals surface area (Å²) in [6, 6.07) is 2.09. The van der Waals surface area contributed by atoms with E-state index in [4.69, 9.17) is 11.6 Å². The van der Waals surface area contributed by atoms with Crippen molar-refractivity contribution in [2.75, 3.05) is 7.05 Å². The number of halogens is 2. The van der Waals surface area contributed by atoms with Crippen LogP contribution < -0.4 is 0 Å². The van der Waals surface area contributed by atoms with Gasteiger partial charge in [-0.25, -0.2) is 4.98 Å². The average molecular weight is 290 g/mol. The third-order valence-corrected chi connectivity index (χ3v) is 3.19. The second-order valence-electron chi connectivity index (χ2n) is 3.64. The van der Waals surface area contributed by atoms with Gasteiger partial charge in [-0.3, -0.25) is 4.79 Å². The summed E-state index contributed by atoms with van der Waals surface area (Å²) in [4.78, 5) is 17.6. The zero-order valence-electron chi connectivity index (χ0n) is 8.20. The minimum atomic E-state index is -0.0590. The molecule has 0 aliphatic heterocycles. The smallest absolute Gasteiger partial charge is 0.257 e. The first kappa shape index (κ1) is 10.9. The maximum Gasteiger partial charge on any atom is 0.257 e. The van der Waals surface area contributed by atoms with E-state index in [9.17, 15) is 4.79 Å². The fourth-order valence-corrected chi connectivity index (χ4v) is 1.91. The number of hydrogen-bond donors (Lipinski definition) is 0. The van der Waals surface area contributed by atoms with Crippen molar-refractivity contribution in [3.05, 3.63) is 27.5 Å². The molecule has 0 bridgehead atoms. The van der Waals surface area contributed by atoms with Crippen LogP contribution in [0, 0.1) is 0 Å². The first-order chi connectivity index (χ1) is 7.09. The number of carbonyl (C=O) groups is 1. The van der Waals surface area contributed by atoms with Gasteiger partial charge in [-0.05, 0) is 34.8 Å². The van der Waals surface area contributed by atoms with Gasteiger partial charge in [0, 0.05) is 23.8 Å². The van der Waals surface area contributed by atoms with Crippen LogP contribution >= 0.6 is 27.5 Å². The highest BCUT2D eigenvalue weighted by Gasteiger charge is 2.31. The third kappa shape index (κ3) is 2.32. The van der Waals surface area contributed by atoms with Crippen LogP contribution in [0.4, 0.5) is 0 Å². The topological polar surface area (TPSA) is 33.2 Å². The Kier molecular flexibility index (Phi) is 2.98. The quantitative estimate of drug-likeness (QED) is 0.784. The summed E-state index contributed by atoms with van der Waals surface area (Å²) in [7, 11) is 1.80. The fraction of sp³-hybridized carbons (Fsp3) is 0.400. The van der Waals surface area contributed by atoms with E-state index >= 15 is 0 Å². The lowest BCUT2D eigenvalue weighted by atomic mass is 10.2. The van der Waals surface area contributed by atoms with Crippen LogP contribution in [0.15, 0.2) is 16.7 Å². The number of pyridine rings is 1. The lowest BCUT2D eigenvalue weighted by molar-refractivity contribution is 0.0785. The Morgan fingerprint density at radius 3 is 2.93 bits per heavy atom. The molecule has 80 valence electrons. The average Bonchev–Trinajstić information content (AvgIpc) is 3.03. The summed E-state index contributed by atoms with van der Waals surface area (Å²) < 4.78 is 0.763. The van der Waals surface area contributed by atoms with E-state index in [0.29, 0.717) is 11.6 Å². The van der Waals surface area contributed by atoms with Crippen molar-refractivity contribution in [1.29, 1.82) is 0 Å². The van der Waals surface area contributed by atoms with E-state index in [1.165, 1.54) is 0 Å². The summed E-state index contributed by atoms with van der Waals surface area (Å²) >= 11 is 9.16. The fourth-order valence-electron chi connectivity index (χ4n) is 1.39. The Labute approximate surface area is 102 Å². The predicted molar refractivity (Wildman–Crippen MR) is 62.1 cm³/mol. The van der Waals surface area contributed by atoms with Gasteiger partial charge >= 0.3 is 0 Å². The van der Waals surface area contributed by atoms with Crippen LogP contribution in [-0.2, 0) is 0 Å². The van der Waals surface area contributed by atoms with E-state index in [2.05, 4.69) is 20.9 Å². The molecule has 0 N–H and O–H groups in total. The number of nitrogens with zero attached hydrogens (tertiary/aromatic N) is 2. The minimum Gasteiger partial charge on any atom is -0.339 e. The number of rotatable bonds is 2. The Bertz CT molecular complexity index is 406. The first-order valence-electron chi connectivity index (χ1n) is 4.68. The molecule has 1 aromatic rings. The van der Waals surface area contributed by atoms with Crippen LogP contribution in [0.25, 0.3) is 0 Å². The number of aromatic nitrogens is 1. The Morgan fingerprint density at radius 2 is 2.33 bits per heavy atom. The number of carbonyl (C=O) groups excluding carboxylic acids is 1. The summed E-state index contributed by atoms with van der Waals surface area (Å²) in [5.74, 6) is -0.0590. The lowest BCUT2D eigenvalue weighted by Gasteiger charge is -2.16. The molecule has 0 unspecified atom stereocenters. The van der Waals surface area contributed by atoms with Crippen LogP contribution in [0.2, 0.25) is 5.15 Å². The van der Waals surface area contributed by atoms with Gasteiger partial charge in [0.2, 0.25) is 0 Å². The Morgan fingerprint density at radius 1 is 1.67 bits per heavy atom. The molecule has 0 radical (unpaired) electrons. The van der Waals surface area contributed by atoms with E-state index in [1.807, 2.05) is 0 Å². The minimum absolute atomic E-state index is 0.0590. The standard InChI is InChI=1S/C10H10BrClN2O/c1-14(7-2-3-7)10(15)8-4-6(11)5-13-9(8)12/h4-5,7H,2-3H2,1H3. The molecule has 1 aliphatic rings. The highest BCUT2D eigenvalue weighted by molar-refractivity contribution is 9.10. The van der Waals surface area contributed by atoms with Gasteiger partial charge < -0.3 is 4.90 Å². The zero-order valence-corrected chi connectivity index (χ0v) is 10.5. The van der Waals surface area contributed by atoms with Crippen LogP contribution in [-0.4, -0.2) is 28.9 Å². The van der Waals surface area contributed by atoms with Gasteiger partial charge in [0.1, 0.15) is 5.15 Å². The van der Waals surface area contributed by atoms with Gasteiger partial charge in [-0.15, -0.1) is 0 Å². The maximum absolute atomic E-state index is 12.0. The van der Waals surface area contributed by atoms with Crippen molar-refractivity contribution in [3.8, 4) is 0 Å². The SMILES string of the molecule is CN(C(=O)c1cc(Br)cnc1Cl)C1CC1. The second-order valence-corrected chi connectivity index (χ2v) is 4.91. The van der Waals surface area contributed by atoms with Crippen LogP contribution in [0.1, 0.15) is 23.2 Å². The molecule has 0 spiro atoms. The van der Waals surface area contributed by atoms with E-state index in [0.717, 1.165) is 17.3 Å². The summed E-state index contributed by atoms with van der Waals surface area (Å²) in [5.41, 5.74) is 0.459. The highest BCUT2D eigenvalue weighted by atomic mass is 79.9. The first-order valence-corrected chi connectivity index (χ1v) is 5.85. The van der Waals surface area contributed by atoms with Crippen molar-refractivity contribution >= 4 is 33.4 Å². The summed E-state index contributed by atoms with van der Waals surface area (Å²) in [6.45, 7) is 0. The molecular weight excluding hydrogens is 279 g/mol. The largest absolute Gasteiger partial charge is 0.339 e. The Balaban J connectivity index is 2.27. The van der Waals surface area contributed by atoms with E-state index in [-0.39, 0.29) is 11.1 Å². The molecule has 1 aromatic heterocycles. The van der Waals surface area contributed by atoms with Crippen molar-refractivity contribution in [1.82, 2.24) is 9.88 Å². The van der Waals surface area contributed by atoms with Crippen molar-refractivity contribution in [3.63, 3.8) is 0 Å². The monoisotopic (exact) mass is 288 g/mol. The van der Waals surface area contributed by atoms with Gasteiger partial charge in [-0.1, -0.05) is 11.6 Å². The summed E-state index contributed by atoms with van der Waals surface area (Å²) in [6.07, 6.45) is 3.75. The molecule has 1 heterocycles. The van der Waals surface area contributed by atoms with Crippen molar-refractivity contribution in [2.45, 2.75) is 18.9 Å². The normalized spacial score (nSPS) is 15.1. The third-order valence-electron chi connectivity index (χ3n) is 2.45. The van der Waals surface area contributed by atoms with Crippen molar-refractivity contribution in [2.24, 2.45) is 0 Å². The molecule has 2 rings (SSSR count). The van der Waals surface area contributed by atoms with E-state index in [1.54, 1.807) is 24.2 Å². The van der Waals surface area contributed by atoms with E-state index < -0.39 is 0 Å². The van der Waals surface area contributed by atoms with Crippen LogP contribution in [0.3, 0.4) is 0 Å². The lowest BCUT2D eigenvalue weighted by Crippen LogP contribution is -2.29. The molecule has 1 amide bonds. The van der Waals surface area contributed by atoms with Gasteiger partial charge in [0.25, 0.3) is 5.91 Å². The molecule has 5 heteroatoms. The molecule has 0 saturated heterocycles. The van der Waals surface area contributed by atoms with Crippen LogP contribution in [0.5, 0.6) is 0 Å². The second kappa shape index (κ2) is 4.10. The molecule has 0 atom stereocenters. The van der Waals surface area contributed by atoms with Gasteiger partial charge in [0.15, 0.2) is 0 Å². The Hall–Kier alpha value is -0.610. The summed E-state index contributed by atoms with van der Waals surface area (Å²) in [5, 5.41) is 0.260. The molecule has 3 nitrogen and oxygen atoms in total. The maximum atomic E-state index is 12.0. The molecule has 1 aliphatic carbocycles. The number of amides is 1. The molecular formula is C10H10BrClN2O. The predicted octanol–water partition coefficient (Wildman–Crippen LogP) is 2.73. The van der Waals surface area contributed by atoms with Gasteiger partial charge in [-0.2, -0.15) is 0 Å². The van der Waals surface area contributed by atoms with Gasteiger partial charge in [0.05, 0.1) is 5.56 Å². The molecule has 1 fully saturated rings. The number of hydrogen-bond acceptors (Lipinski definition) is 2. The zero-order chi connectivity index (χ0) is 11.0. The molecule has 0 aromatic carbocycles. The molecule has 15 heavy (non-hydrogen) atoms. The highest BCUT2D eigenvalue weighted by Crippen LogP contribution is 2.28. The molecule has 1 saturated carbocycles.